The van der Waals surface area contributed by atoms with E-state index in [1.165, 1.54) is 22.3 Å². The zero-order valence-electron chi connectivity index (χ0n) is 15.4. The first-order chi connectivity index (χ1) is 12.9. The Morgan fingerprint density at radius 1 is 1.07 bits per heavy atom. The first-order valence-corrected chi connectivity index (χ1v) is 10.0. The predicted octanol–water partition coefficient (Wildman–Crippen LogP) is 5.96. The van der Waals surface area contributed by atoms with Crippen molar-refractivity contribution in [3.05, 3.63) is 70.2 Å². The highest BCUT2D eigenvalue weighted by Gasteiger charge is 2.62. The van der Waals surface area contributed by atoms with Crippen LogP contribution in [0.4, 0.5) is 0 Å². The van der Waals surface area contributed by atoms with E-state index in [1.54, 1.807) is 6.08 Å². The summed E-state index contributed by atoms with van der Waals surface area (Å²) in [7, 11) is 0. The van der Waals surface area contributed by atoms with Crippen LogP contribution >= 0.6 is 23.2 Å². The van der Waals surface area contributed by atoms with Crippen LogP contribution in [0.5, 0.6) is 0 Å². The Bertz CT molecular complexity index is 898. The lowest BCUT2D eigenvalue weighted by Gasteiger charge is -2.12. The van der Waals surface area contributed by atoms with Crippen molar-refractivity contribution in [3.8, 4) is 11.1 Å². The van der Waals surface area contributed by atoms with Crippen molar-refractivity contribution < 1.29 is 9.53 Å². The smallest absolute Gasteiger partial charge is 0.310 e. The fourth-order valence-electron chi connectivity index (χ4n) is 4.40. The van der Waals surface area contributed by atoms with E-state index in [9.17, 15) is 4.79 Å². The second kappa shape index (κ2) is 7.00. The lowest BCUT2D eigenvalue weighted by molar-refractivity contribution is -0.151. The van der Waals surface area contributed by atoms with Crippen molar-refractivity contribution in [2.24, 2.45) is 17.3 Å². The maximum absolute atomic E-state index is 12.7. The van der Waals surface area contributed by atoms with Crippen LogP contribution in [-0.2, 0) is 22.4 Å². The van der Waals surface area contributed by atoms with Crippen molar-refractivity contribution in [3.63, 3.8) is 0 Å². The van der Waals surface area contributed by atoms with Gasteiger partial charge in [-0.15, -0.1) is 0 Å². The molecule has 0 aromatic heterocycles. The number of carbonyl (C=O) groups is 1. The fourth-order valence-corrected chi connectivity index (χ4v) is 4.67. The third kappa shape index (κ3) is 3.53. The molecule has 1 saturated carbocycles. The number of allylic oxidation sites excluding steroid dienone is 1. The minimum atomic E-state index is -0.178. The van der Waals surface area contributed by atoms with Crippen LogP contribution < -0.4 is 0 Å². The molecule has 2 aromatic carbocycles. The minimum Gasteiger partial charge on any atom is -0.461 e. The van der Waals surface area contributed by atoms with E-state index in [1.807, 2.05) is 32.0 Å². The highest BCUT2D eigenvalue weighted by Crippen LogP contribution is 2.60. The monoisotopic (exact) mass is 400 g/mol. The SMILES string of the molecule is CC1(C)C(C=C(Cl)Cl)C1C(=O)OC1Cc2cccc(-c3ccccc3)c2C1. The molecule has 27 heavy (non-hydrogen) atoms. The molecule has 1 fully saturated rings. The molecule has 0 spiro atoms. The van der Waals surface area contributed by atoms with E-state index in [2.05, 4.69) is 30.3 Å². The molecule has 3 atom stereocenters. The van der Waals surface area contributed by atoms with Gasteiger partial charge < -0.3 is 4.74 Å². The third-order valence-electron chi connectivity index (χ3n) is 5.99. The molecule has 0 aliphatic heterocycles. The maximum atomic E-state index is 12.7. The summed E-state index contributed by atoms with van der Waals surface area (Å²) < 4.78 is 6.11. The molecule has 4 rings (SSSR count). The number of hydrogen-bond acceptors (Lipinski definition) is 2. The number of hydrogen-bond donors (Lipinski definition) is 0. The molecule has 3 unspecified atom stereocenters. The van der Waals surface area contributed by atoms with E-state index in [-0.39, 0.29) is 33.8 Å². The van der Waals surface area contributed by atoms with Gasteiger partial charge in [-0.3, -0.25) is 4.79 Å². The fraction of sp³-hybridized carbons (Fsp3) is 0.348. The van der Waals surface area contributed by atoms with Gasteiger partial charge in [-0.1, -0.05) is 85.6 Å². The van der Waals surface area contributed by atoms with E-state index in [4.69, 9.17) is 27.9 Å². The predicted molar refractivity (Wildman–Crippen MR) is 110 cm³/mol. The molecule has 0 heterocycles. The lowest BCUT2D eigenvalue weighted by Crippen LogP contribution is -2.21. The van der Waals surface area contributed by atoms with Crippen LogP contribution in [0.2, 0.25) is 0 Å². The second-order valence-electron chi connectivity index (χ2n) is 8.06. The molecule has 0 radical (unpaired) electrons. The summed E-state index contributed by atoms with van der Waals surface area (Å²) in [6.45, 7) is 4.10. The summed E-state index contributed by atoms with van der Waals surface area (Å²) in [6.07, 6.45) is 3.18. The van der Waals surface area contributed by atoms with Crippen molar-refractivity contribution in [2.45, 2.75) is 32.8 Å². The summed E-state index contributed by atoms with van der Waals surface area (Å²) in [4.78, 5) is 12.7. The zero-order valence-corrected chi connectivity index (χ0v) is 16.9. The molecule has 0 N–H and O–H groups in total. The van der Waals surface area contributed by atoms with Crippen molar-refractivity contribution in [1.82, 2.24) is 0 Å². The number of esters is 1. The molecular weight excluding hydrogens is 379 g/mol. The molecule has 2 aliphatic carbocycles. The highest BCUT2D eigenvalue weighted by molar-refractivity contribution is 6.55. The summed E-state index contributed by atoms with van der Waals surface area (Å²) in [6, 6.07) is 16.7. The van der Waals surface area contributed by atoms with Gasteiger partial charge in [0.15, 0.2) is 0 Å². The zero-order chi connectivity index (χ0) is 19.2. The van der Waals surface area contributed by atoms with E-state index < -0.39 is 0 Å². The summed E-state index contributed by atoms with van der Waals surface area (Å²) in [5.41, 5.74) is 4.83. The van der Waals surface area contributed by atoms with Crippen molar-refractivity contribution in [1.29, 1.82) is 0 Å². The Morgan fingerprint density at radius 2 is 1.81 bits per heavy atom. The van der Waals surface area contributed by atoms with Crippen LogP contribution in [-0.4, -0.2) is 12.1 Å². The third-order valence-corrected chi connectivity index (χ3v) is 6.24. The van der Waals surface area contributed by atoms with Gasteiger partial charge in [-0.05, 0) is 39.7 Å². The summed E-state index contributed by atoms with van der Waals surface area (Å²) in [5, 5.41) is 0. The Balaban J connectivity index is 1.49. The number of carbonyl (C=O) groups excluding carboxylic acids is 1. The van der Waals surface area contributed by atoms with Crippen LogP contribution in [0.3, 0.4) is 0 Å². The van der Waals surface area contributed by atoms with Gasteiger partial charge in [0.05, 0.1) is 5.92 Å². The maximum Gasteiger partial charge on any atom is 0.310 e. The Kier molecular flexibility index (Phi) is 4.82. The van der Waals surface area contributed by atoms with E-state index >= 15 is 0 Å². The van der Waals surface area contributed by atoms with Gasteiger partial charge >= 0.3 is 5.97 Å². The summed E-state index contributed by atoms with van der Waals surface area (Å²) in [5.74, 6) is -0.282. The average Bonchev–Trinajstić information content (AvgIpc) is 2.97. The topological polar surface area (TPSA) is 26.3 Å². The van der Waals surface area contributed by atoms with Crippen LogP contribution in [0.1, 0.15) is 25.0 Å². The molecule has 0 saturated heterocycles. The van der Waals surface area contributed by atoms with E-state index in [0.717, 1.165) is 12.8 Å². The van der Waals surface area contributed by atoms with Crippen molar-refractivity contribution >= 4 is 29.2 Å². The number of fused-ring (bicyclic) bond motifs is 1. The van der Waals surface area contributed by atoms with Gasteiger partial charge in [-0.25, -0.2) is 0 Å². The first kappa shape index (κ1) is 18.6. The van der Waals surface area contributed by atoms with Crippen LogP contribution in [0, 0.1) is 17.3 Å². The number of benzene rings is 2. The van der Waals surface area contributed by atoms with E-state index in [0.29, 0.717) is 0 Å². The van der Waals surface area contributed by atoms with Crippen LogP contribution in [0.15, 0.2) is 59.1 Å². The molecular formula is C23H22Cl2O2. The van der Waals surface area contributed by atoms with Gasteiger partial charge in [0.1, 0.15) is 10.6 Å². The Morgan fingerprint density at radius 3 is 2.52 bits per heavy atom. The summed E-state index contributed by atoms with van der Waals surface area (Å²) >= 11 is 11.6. The number of rotatable bonds is 4. The van der Waals surface area contributed by atoms with Crippen molar-refractivity contribution in [2.75, 3.05) is 0 Å². The molecule has 2 nitrogen and oxygen atoms in total. The normalized spacial score (nSPS) is 24.8. The molecule has 0 amide bonds. The second-order valence-corrected chi connectivity index (χ2v) is 9.07. The standard InChI is InChI=1S/C23H22Cl2O2/c1-23(2)19(13-20(24)25)21(23)22(26)27-16-11-15-9-6-10-17(18(15)12-16)14-7-4-3-5-8-14/h3-10,13,16,19,21H,11-12H2,1-2H3. The minimum absolute atomic E-state index is 0.0404. The number of halogens is 2. The molecule has 2 aliphatic rings. The van der Waals surface area contributed by atoms with Gasteiger partial charge in [0, 0.05) is 12.8 Å². The Hall–Kier alpha value is -1.77. The lowest BCUT2D eigenvalue weighted by atomic mass is 9.97. The average molecular weight is 401 g/mol. The molecule has 4 heteroatoms. The molecule has 140 valence electrons. The number of ether oxygens (including phenoxy) is 1. The first-order valence-electron chi connectivity index (χ1n) is 9.27. The molecule has 0 bridgehead atoms. The Labute approximate surface area is 170 Å². The van der Waals surface area contributed by atoms with Gasteiger partial charge in [0.25, 0.3) is 0 Å². The quantitative estimate of drug-likeness (QED) is 0.592. The van der Waals surface area contributed by atoms with Gasteiger partial charge in [0.2, 0.25) is 0 Å². The highest BCUT2D eigenvalue weighted by atomic mass is 35.5. The van der Waals surface area contributed by atoms with Crippen LogP contribution in [0.25, 0.3) is 11.1 Å². The van der Waals surface area contributed by atoms with Gasteiger partial charge in [-0.2, -0.15) is 0 Å². The largest absolute Gasteiger partial charge is 0.461 e. The molecule has 2 aromatic rings.